The minimum absolute atomic E-state index is 0.146. The second-order valence-corrected chi connectivity index (χ2v) is 4.54. The van der Waals surface area contributed by atoms with Crippen LogP contribution in [0.25, 0.3) is 0 Å². The summed E-state index contributed by atoms with van der Waals surface area (Å²) in [5.74, 6) is 0.339. The van der Waals surface area contributed by atoms with E-state index in [-0.39, 0.29) is 5.28 Å². The Kier molecular flexibility index (Phi) is 3.26. The van der Waals surface area contributed by atoms with Crippen molar-refractivity contribution < 1.29 is 4.74 Å². The lowest BCUT2D eigenvalue weighted by Gasteiger charge is -2.08. The van der Waals surface area contributed by atoms with Gasteiger partial charge in [0.25, 0.3) is 0 Å². The molecule has 0 bridgehead atoms. The summed E-state index contributed by atoms with van der Waals surface area (Å²) in [6.45, 7) is 2.20. The summed E-state index contributed by atoms with van der Waals surface area (Å²) in [5.41, 5.74) is 6.84. The van der Waals surface area contributed by atoms with Gasteiger partial charge in [0.2, 0.25) is 11.2 Å². The smallest absolute Gasteiger partial charge is 0.242 e. The number of halogens is 1. The fourth-order valence-corrected chi connectivity index (χ4v) is 1.99. The van der Waals surface area contributed by atoms with E-state index in [4.69, 9.17) is 22.1 Å². The van der Waals surface area contributed by atoms with Gasteiger partial charge in [-0.2, -0.15) is 4.98 Å². The molecular weight excluding hydrogens is 246 g/mol. The van der Waals surface area contributed by atoms with Crippen LogP contribution in [0.15, 0.2) is 17.5 Å². The number of hydrogen-bond donors (Lipinski definition) is 1. The lowest BCUT2D eigenvalue weighted by Crippen LogP contribution is -2.03. The van der Waals surface area contributed by atoms with Crippen LogP contribution in [0.3, 0.4) is 0 Å². The Hall–Kier alpha value is -1.33. The second-order valence-electron chi connectivity index (χ2n) is 3.16. The first-order valence-electron chi connectivity index (χ1n) is 4.61. The Balaban J connectivity index is 2.15. The highest BCUT2D eigenvalue weighted by Crippen LogP contribution is 2.24. The maximum Gasteiger partial charge on any atom is 0.242 e. The molecule has 0 fully saturated rings. The van der Waals surface area contributed by atoms with Crippen LogP contribution in [0.2, 0.25) is 5.28 Å². The van der Waals surface area contributed by atoms with Gasteiger partial charge in [0.1, 0.15) is 12.3 Å². The summed E-state index contributed by atoms with van der Waals surface area (Å²) < 4.78 is 5.49. The van der Waals surface area contributed by atoms with E-state index in [1.165, 1.54) is 0 Å². The third-order valence-electron chi connectivity index (χ3n) is 2.01. The number of anilines is 1. The highest BCUT2D eigenvalue weighted by molar-refractivity contribution is 7.09. The molecule has 0 aliphatic heterocycles. The van der Waals surface area contributed by atoms with Gasteiger partial charge < -0.3 is 10.5 Å². The van der Waals surface area contributed by atoms with Crippen molar-refractivity contribution in [2.75, 3.05) is 5.73 Å². The molecule has 0 amide bonds. The molecule has 0 aliphatic rings. The van der Waals surface area contributed by atoms with Crippen molar-refractivity contribution in [1.82, 2.24) is 9.97 Å². The number of rotatable bonds is 3. The number of nitrogen functional groups attached to an aromatic ring is 1. The lowest BCUT2D eigenvalue weighted by atomic mass is 10.4. The molecule has 2 heterocycles. The SMILES string of the molecule is Cc1nc(Cl)nc(OCc2cccs2)c1N. The van der Waals surface area contributed by atoms with Crippen LogP contribution >= 0.6 is 22.9 Å². The van der Waals surface area contributed by atoms with Crippen molar-refractivity contribution in [2.45, 2.75) is 13.5 Å². The van der Waals surface area contributed by atoms with Crippen molar-refractivity contribution in [1.29, 1.82) is 0 Å². The Labute approximate surface area is 102 Å². The zero-order valence-electron chi connectivity index (χ0n) is 8.61. The molecule has 16 heavy (non-hydrogen) atoms. The summed E-state index contributed by atoms with van der Waals surface area (Å²) in [7, 11) is 0. The normalized spacial score (nSPS) is 10.4. The summed E-state index contributed by atoms with van der Waals surface area (Å²) in [6, 6.07) is 3.95. The molecular formula is C10H10ClN3OS. The number of nitrogens with two attached hydrogens (primary N) is 1. The fourth-order valence-electron chi connectivity index (χ4n) is 1.17. The number of ether oxygens (including phenoxy) is 1. The molecule has 0 saturated carbocycles. The van der Waals surface area contributed by atoms with E-state index in [0.29, 0.717) is 23.9 Å². The monoisotopic (exact) mass is 255 g/mol. The van der Waals surface area contributed by atoms with E-state index in [2.05, 4.69) is 9.97 Å². The van der Waals surface area contributed by atoms with E-state index in [1.54, 1.807) is 18.3 Å². The highest BCUT2D eigenvalue weighted by Gasteiger charge is 2.09. The lowest BCUT2D eigenvalue weighted by molar-refractivity contribution is 0.298. The minimum atomic E-state index is 0.146. The van der Waals surface area contributed by atoms with Crippen LogP contribution in [0, 0.1) is 6.92 Å². The topological polar surface area (TPSA) is 61.0 Å². The molecule has 2 N–H and O–H groups in total. The first kappa shape index (κ1) is 11.2. The third kappa shape index (κ3) is 2.43. The van der Waals surface area contributed by atoms with Gasteiger partial charge in [-0.1, -0.05) is 6.07 Å². The molecule has 2 rings (SSSR count). The third-order valence-corrected chi connectivity index (χ3v) is 3.02. The van der Waals surface area contributed by atoms with Crippen molar-refractivity contribution in [3.8, 4) is 5.88 Å². The number of aromatic nitrogens is 2. The van der Waals surface area contributed by atoms with Gasteiger partial charge in [0.15, 0.2) is 0 Å². The Morgan fingerprint density at radius 1 is 1.50 bits per heavy atom. The largest absolute Gasteiger partial charge is 0.470 e. The van der Waals surface area contributed by atoms with E-state index in [9.17, 15) is 0 Å². The fraction of sp³-hybridized carbons (Fsp3) is 0.200. The van der Waals surface area contributed by atoms with Gasteiger partial charge in [0, 0.05) is 4.88 Å². The van der Waals surface area contributed by atoms with Gasteiger partial charge in [-0.25, -0.2) is 4.98 Å². The van der Waals surface area contributed by atoms with Crippen molar-refractivity contribution in [2.24, 2.45) is 0 Å². The summed E-state index contributed by atoms with van der Waals surface area (Å²) in [4.78, 5) is 8.98. The van der Waals surface area contributed by atoms with Crippen LogP contribution in [-0.2, 0) is 6.61 Å². The molecule has 0 atom stereocenters. The number of aryl methyl sites for hydroxylation is 1. The van der Waals surface area contributed by atoms with Crippen molar-refractivity contribution >= 4 is 28.6 Å². The molecule has 84 valence electrons. The molecule has 0 radical (unpaired) electrons. The van der Waals surface area contributed by atoms with Crippen LogP contribution < -0.4 is 10.5 Å². The van der Waals surface area contributed by atoms with Crippen LogP contribution in [0.4, 0.5) is 5.69 Å². The molecule has 2 aromatic heterocycles. The highest BCUT2D eigenvalue weighted by atomic mass is 35.5. The van der Waals surface area contributed by atoms with E-state index < -0.39 is 0 Å². The predicted octanol–water partition coefficient (Wildman–Crippen LogP) is 2.66. The minimum Gasteiger partial charge on any atom is -0.470 e. The first-order chi connectivity index (χ1) is 7.66. The van der Waals surface area contributed by atoms with Crippen molar-refractivity contribution in [3.63, 3.8) is 0 Å². The number of hydrogen-bond acceptors (Lipinski definition) is 5. The Morgan fingerprint density at radius 2 is 2.31 bits per heavy atom. The molecule has 0 spiro atoms. The van der Waals surface area contributed by atoms with Gasteiger partial charge in [-0.15, -0.1) is 11.3 Å². The van der Waals surface area contributed by atoms with E-state index in [0.717, 1.165) is 4.88 Å². The molecule has 0 aliphatic carbocycles. The van der Waals surface area contributed by atoms with E-state index >= 15 is 0 Å². The average Bonchev–Trinajstić information content (AvgIpc) is 2.74. The zero-order chi connectivity index (χ0) is 11.5. The Morgan fingerprint density at radius 3 is 3.00 bits per heavy atom. The van der Waals surface area contributed by atoms with Crippen molar-refractivity contribution in [3.05, 3.63) is 33.4 Å². The Bertz CT molecular complexity index is 487. The second kappa shape index (κ2) is 4.67. The standard InChI is InChI=1S/C10H10ClN3OS/c1-6-8(12)9(14-10(11)13-6)15-5-7-3-2-4-16-7/h2-4H,5,12H2,1H3. The molecule has 0 saturated heterocycles. The quantitative estimate of drug-likeness (QED) is 0.857. The number of nitrogens with zero attached hydrogens (tertiary/aromatic N) is 2. The summed E-state index contributed by atoms with van der Waals surface area (Å²) in [6.07, 6.45) is 0. The van der Waals surface area contributed by atoms with Crippen LogP contribution in [-0.4, -0.2) is 9.97 Å². The van der Waals surface area contributed by atoms with Gasteiger partial charge in [0.05, 0.1) is 5.69 Å². The van der Waals surface area contributed by atoms with Gasteiger partial charge in [-0.05, 0) is 30.0 Å². The van der Waals surface area contributed by atoms with Gasteiger partial charge >= 0.3 is 0 Å². The number of thiophene rings is 1. The van der Waals surface area contributed by atoms with E-state index in [1.807, 2.05) is 17.5 Å². The zero-order valence-corrected chi connectivity index (χ0v) is 10.2. The first-order valence-corrected chi connectivity index (χ1v) is 5.87. The van der Waals surface area contributed by atoms with Gasteiger partial charge in [-0.3, -0.25) is 0 Å². The van der Waals surface area contributed by atoms with Crippen LogP contribution in [0.5, 0.6) is 5.88 Å². The molecule has 0 aromatic carbocycles. The molecule has 4 nitrogen and oxygen atoms in total. The maximum absolute atomic E-state index is 5.79. The molecule has 2 aromatic rings. The van der Waals surface area contributed by atoms with Crippen LogP contribution in [0.1, 0.15) is 10.6 Å². The molecule has 0 unspecified atom stereocenters. The summed E-state index contributed by atoms with van der Waals surface area (Å²) >= 11 is 7.34. The molecule has 6 heteroatoms. The predicted molar refractivity (Wildman–Crippen MR) is 64.8 cm³/mol. The maximum atomic E-state index is 5.79. The average molecular weight is 256 g/mol. The summed E-state index contributed by atoms with van der Waals surface area (Å²) in [5, 5.41) is 2.13.